The van der Waals surface area contributed by atoms with Crippen LogP contribution in [0.25, 0.3) is 0 Å². The first-order valence-corrected chi connectivity index (χ1v) is 9.92. The minimum atomic E-state index is -2.94. The zero-order valence-electron chi connectivity index (χ0n) is 13.8. The number of hydrogen-bond acceptors (Lipinski definition) is 5. The summed E-state index contributed by atoms with van der Waals surface area (Å²) in [7, 11) is -1.11. The number of aromatic nitrogens is 1. The molecule has 23 heavy (non-hydrogen) atoms. The van der Waals surface area contributed by atoms with E-state index in [9.17, 15) is 13.2 Å². The Morgan fingerprint density at radius 1 is 1.43 bits per heavy atom. The van der Waals surface area contributed by atoms with Crippen LogP contribution in [-0.4, -0.2) is 50.4 Å². The van der Waals surface area contributed by atoms with Crippen LogP contribution in [0.4, 0.5) is 5.82 Å². The van der Waals surface area contributed by atoms with Crippen molar-refractivity contribution in [2.24, 2.45) is 0 Å². The zero-order chi connectivity index (χ0) is 16.9. The van der Waals surface area contributed by atoms with Crippen molar-refractivity contribution in [3.05, 3.63) is 23.9 Å². The minimum Gasteiger partial charge on any atom is -0.356 e. The Balaban J connectivity index is 2.00. The molecule has 128 valence electrons. The molecule has 0 spiro atoms. The molecule has 1 aromatic rings. The molecule has 1 aromatic heterocycles. The number of anilines is 1. The van der Waals surface area contributed by atoms with Crippen molar-refractivity contribution in [2.75, 3.05) is 30.0 Å². The Kier molecular flexibility index (Phi) is 5.98. The number of hydrogen-bond donors (Lipinski definition) is 1. The van der Waals surface area contributed by atoms with Crippen LogP contribution in [-0.2, 0) is 9.84 Å². The van der Waals surface area contributed by atoms with Gasteiger partial charge in [-0.3, -0.25) is 4.79 Å². The van der Waals surface area contributed by atoms with E-state index in [4.69, 9.17) is 0 Å². The highest BCUT2D eigenvalue weighted by molar-refractivity contribution is 7.91. The lowest BCUT2D eigenvalue weighted by molar-refractivity contribution is 0.0953. The Morgan fingerprint density at radius 2 is 2.22 bits per heavy atom. The summed E-state index contributed by atoms with van der Waals surface area (Å²) in [5.41, 5.74) is 0.555. The monoisotopic (exact) mass is 339 g/mol. The van der Waals surface area contributed by atoms with Crippen LogP contribution in [0.15, 0.2) is 18.3 Å². The smallest absolute Gasteiger partial charge is 0.251 e. The van der Waals surface area contributed by atoms with Crippen molar-refractivity contribution < 1.29 is 13.2 Å². The van der Waals surface area contributed by atoms with E-state index in [0.717, 1.165) is 19.3 Å². The van der Waals surface area contributed by atoms with Crippen molar-refractivity contribution in [2.45, 2.75) is 38.6 Å². The van der Waals surface area contributed by atoms with Crippen molar-refractivity contribution >= 4 is 21.6 Å². The van der Waals surface area contributed by atoms with Crippen LogP contribution in [0, 0.1) is 0 Å². The van der Waals surface area contributed by atoms with E-state index in [1.54, 1.807) is 18.3 Å². The molecule has 7 heteroatoms. The van der Waals surface area contributed by atoms with Gasteiger partial charge in [0.25, 0.3) is 5.91 Å². The average molecular weight is 339 g/mol. The van der Waals surface area contributed by atoms with Crippen LogP contribution >= 0.6 is 0 Å². The van der Waals surface area contributed by atoms with E-state index in [-0.39, 0.29) is 23.5 Å². The number of pyridine rings is 1. The second-order valence-electron chi connectivity index (χ2n) is 6.03. The van der Waals surface area contributed by atoms with Crippen molar-refractivity contribution in [1.29, 1.82) is 0 Å². The Labute approximate surface area is 138 Å². The maximum atomic E-state index is 12.2. The molecule has 1 atom stereocenters. The lowest BCUT2D eigenvalue weighted by atomic mass is 10.2. The second kappa shape index (κ2) is 7.77. The van der Waals surface area contributed by atoms with Crippen LogP contribution in [0.5, 0.6) is 0 Å². The van der Waals surface area contributed by atoms with Gasteiger partial charge in [-0.2, -0.15) is 0 Å². The van der Waals surface area contributed by atoms with Crippen molar-refractivity contribution in [3.63, 3.8) is 0 Å². The van der Waals surface area contributed by atoms with E-state index in [1.165, 1.54) is 0 Å². The summed E-state index contributed by atoms with van der Waals surface area (Å²) in [6.45, 7) is 2.79. The zero-order valence-corrected chi connectivity index (χ0v) is 14.6. The summed E-state index contributed by atoms with van der Waals surface area (Å²) in [6.07, 6.45) is 5.38. The molecule has 0 radical (unpaired) electrons. The highest BCUT2D eigenvalue weighted by Gasteiger charge is 2.31. The first kappa shape index (κ1) is 17.7. The standard InChI is InChI=1S/C16H25N3O3S/c1-3-4-5-8-18-16(20)13-6-9-17-15(11-13)19(2)14-7-10-23(21,22)12-14/h6,9,11,14H,3-5,7-8,10,12H2,1-2H3,(H,18,20). The van der Waals surface area contributed by atoms with Crippen LogP contribution < -0.4 is 10.2 Å². The molecule has 1 fully saturated rings. The summed E-state index contributed by atoms with van der Waals surface area (Å²) in [4.78, 5) is 18.3. The number of carbonyl (C=O) groups excluding carboxylic acids is 1. The van der Waals surface area contributed by atoms with E-state index in [0.29, 0.717) is 24.3 Å². The van der Waals surface area contributed by atoms with Crippen LogP contribution in [0.3, 0.4) is 0 Å². The highest BCUT2D eigenvalue weighted by atomic mass is 32.2. The van der Waals surface area contributed by atoms with Gasteiger partial charge in [-0.25, -0.2) is 13.4 Å². The fourth-order valence-corrected chi connectivity index (χ4v) is 4.47. The molecule has 2 heterocycles. The molecular weight excluding hydrogens is 314 g/mol. The number of sulfone groups is 1. The maximum absolute atomic E-state index is 12.2. The maximum Gasteiger partial charge on any atom is 0.251 e. The molecule has 1 saturated heterocycles. The number of rotatable bonds is 7. The summed E-state index contributed by atoms with van der Waals surface area (Å²) in [5, 5.41) is 2.90. The number of unbranched alkanes of at least 4 members (excludes halogenated alkanes) is 2. The summed E-state index contributed by atoms with van der Waals surface area (Å²) in [5.74, 6) is 0.892. The van der Waals surface area contributed by atoms with E-state index in [1.807, 2.05) is 11.9 Å². The fraction of sp³-hybridized carbons (Fsp3) is 0.625. The number of nitrogens with zero attached hydrogens (tertiary/aromatic N) is 2. The average Bonchev–Trinajstić information content (AvgIpc) is 2.91. The minimum absolute atomic E-state index is 0.0737. The molecule has 0 aliphatic carbocycles. The molecule has 0 aromatic carbocycles. The van der Waals surface area contributed by atoms with E-state index >= 15 is 0 Å². The molecule has 1 amide bonds. The van der Waals surface area contributed by atoms with E-state index in [2.05, 4.69) is 17.2 Å². The Bertz CT molecular complexity index is 646. The van der Waals surface area contributed by atoms with Gasteiger partial charge in [0.2, 0.25) is 0 Å². The lowest BCUT2D eigenvalue weighted by Crippen LogP contribution is -2.33. The topological polar surface area (TPSA) is 79.4 Å². The van der Waals surface area contributed by atoms with Crippen LogP contribution in [0.2, 0.25) is 0 Å². The largest absolute Gasteiger partial charge is 0.356 e. The quantitative estimate of drug-likeness (QED) is 0.764. The summed E-state index contributed by atoms with van der Waals surface area (Å²) >= 11 is 0. The van der Waals surface area contributed by atoms with Gasteiger partial charge >= 0.3 is 0 Å². The third-order valence-corrected chi connectivity index (χ3v) is 5.94. The SMILES string of the molecule is CCCCCNC(=O)c1ccnc(N(C)C2CCS(=O)(=O)C2)c1. The Hall–Kier alpha value is -1.63. The predicted molar refractivity (Wildman–Crippen MR) is 91.6 cm³/mol. The number of nitrogens with one attached hydrogen (secondary N) is 1. The molecule has 1 unspecified atom stereocenters. The molecule has 1 N–H and O–H groups in total. The molecule has 2 rings (SSSR count). The van der Waals surface area contributed by atoms with Gasteiger partial charge in [0.05, 0.1) is 11.5 Å². The van der Waals surface area contributed by atoms with E-state index < -0.39 is 9.84 Å². The van der Waals surface area contributed by atoms with Gasteiger partial charge in [0, 0.05) is 31.4 Å². The van der Waals surface area contributed by atoms with Gasteiger partial charge in [-0.15, -0.1) is 0 Å². The van der Waals surface area contributed by atoms with Gasteiger partial charge < -0.3 is 10.2 Å². The van der Waals surface area contributed by atoms with Crippen molar-refractivity contribution in [1.82, 2.24) is 10.3 Å². The molecule has 0 bridgehead atoms. The lowest BCUT2D eigenvalue weighted by Gasteiger charge is -2.24. The molecule has 6 nitrogen and oxygen atoms in total. The Morgan fingerprint density at radius 3 is 2.87 bits per heavy atom. The first-order valence-electron chi connectivity index (χ1n) is 8.10. The molecule has 1 aliphatic rings. The molecule has 0 saturated carbocycles. The van der Waals surface area contributed by atoms with Gasteiger partial charge in [0.15, 0.2) is 9.84 Å². The highest BCUT2D eigenvalue weighted by Crippen LogP contribution is 2.21. The van der Waals surface area contributed by atoms with Gasteiger partial charge in [-0.05, 0) is 25.0 Å². The fourth-order valence-electron chi connectivity index (χ4n) is 2.70. The third-order valence-electron chi connectivity index (χ3n) is 4.19. The normalized spacial score (nSPS) is 19.5. The number of amides is 1. The van der Waals surface area contributed by atoms with Crippen LogP contribution in [0.1, 0.15) is 43.0 Å². The number of carbonyl (C=O) groups is 1. The summed E-state index contributed by atoms with van der Waals surface area (Å²) < 4.78 is 23.2. The van der Waals surface area contributed by atoms with Crippen molar-refractivity contribution in [3.8, 4) is 0 Å². The molecule has 1 aliphatic heterocycles. The third kappa shape index (κ3) is 4.92. The molecular formula is C16H25N3O3S. The van der Waals surface area contributed by atoms with Gasteiger partial charge in [0.1, 0.15) is 5.82 Å². The first-order chi connectivity index (χ1) is 10.9. The van der Waals surface area contributed by atoms with Gasteiger partial charge in [-0.1, -0.05) is 19.8 Å². The predicted octanol–water partition coefficient (Wildman–Crippen LogP) is 1.62. The second-order valence-corrected chi connectivity index (χ2v) is 8.26. The summed E-state index contributed by atoms with van der Waals surface area (Å²) in [6, 6.07) is 3.33.